The van der Waals surface area contributed by atoms with Crippen LogP contribution in [-0.4, -0.2) is 11.8 Å². The molecule has 2 N–H and O–H groups in total. The van der Waals surface area contributed by atoms with Gasteiger partial charge in [-0.2, -0.15) is 0 Å². The van der Waals surface area contributed by atoms with E-state index in [1.165, 1.54) is 5.56 Å². The number of amides is 2. The zero-order chi connectivity index (χ0) is 16.2. The summed E-state index contributed by atoms with van der Waals surface area (Å²) in [7, 11) is 0. The molecule has 1 saturated carbocycles. The predicted octanol–water partition coefficient (Wildman–Crippen LogP) is 3.85. The van der Waals surface area contributed by atoms with Gasteiger partial charge in [0.25, 0.3) is 5.91 Å². The highest BCUT2D eigenvalue weighted by atomic mass is 16.2. The van der Waals surface area contributed by atoms with Crippen molar-refractivity contribution in [1.29, 1.82) is 0 Å². The van der Waals surface area contributed by atoms with Crippen molar-refractivity contribution in [3.63, 3.8) is 0 Å². The van der Waals surface area contributed by atoms with Crippen LogP contribution in [0, 0.1) is 5.92 Å². The molecule has 2 aromatic rings. The van der Waals surface area contributed by atoms with E-state index in [0.29, 0.717) is 11.3 Å². The maximum Gasteiger partial charge on any atom is 0.255 e. The highest BCUT2D eigenvalue weighted by Crippen LogP contribution is 2.30. The minimum absolute atomic E-state index is 0.0400. The van der Waals surface area contributed by atoms with Gasteiger partial charge in [0.05, 0.1) is 0 Å². The third-order valence-corrected chi connectivity index (χ3v) is 3.93. The number of aryl methyl sites for hydroxylation is 1. The van der Waals surface area contributed by atoms with Gasteiger partial charge in [-0.05, 0) is 55.2 Å². The average Bonchev–Trinajstić information content (AvgIpc) is 3.40. The lowest BCUT2D eigenvalue weighted by Crippen LogP contribution is -2.15. The highest BCUT2D eigenvalue weighted by molar-refractivity contribution is 6.05. The normalized spacial score (nSPS) is 13.4. The van der Waals surface area contributed by atoms with Crippen molar-refractivity contribution in [2.45, 2.75) is 26.2 Å². The first-order valence-electron chi connectivity index (χ1n) is 7.97. The van der Waals surface area contributed by atoms with Crippen molar-refractivity contribution < 1.29 is 9.59 Å². The molecule has 0 spiro atoms. The fourth-order valence-corrected chi connectivity index (χ4v) is 2.40. The smallest absolute Gasteiger partial charge is 0.255 e. The van der Waals surface area contributed by atoms with Crippen molar-refractivity contribution in [2.75, 3.05) is 10.6 Å². The summed E-state index contributed by atoms with van der Waals surface area (Å²) in [6.07, 6.45) is 2.84. The van der Waals surface area contributed by atoms with Gasteiger partial charge in [0.15, 0.2) is 0 Å². The van der Waals surface area contributed by atoms with Crippen LogP contribution in [0.1, 0.15) is 35.7 Å². The topological polar surface area (TPSA) is 58.2 Å². The lowest BCUT2D eigenvalue weighted by atomic mass is 10.1. The molecule has 1 aliphatic rings. The summed E-state index contributed by atoms with van der Waals surface area (Å²) in [5, 5.41) is 5.76. The van der Waals surface area contributed by atoms with E-state index in [1.54, 1.807) is 24.3 Å². The number of carbonyl (C=O) groups is 2. The maximum absolute atomic E-state index is 12.4. The van der Waals surface area contributed by atoms with Gasteiger partial charge in [0.1, 0.15) is 0 Å². The second-order valence-corrected chi connectivity index (χ2v) is 5.85. The Balaban J connectivity index is 1.70. The van der Waals surface area contributed by atoms with Crippen LogP contribution < -0.4 is 10.6 Å². The second kappa shape index (κ2) is 6.65. The zero-order valence-corrected chi connectivity index (χ0v) is 13.1. The lowest BCUT2D eigenvalue weighted by molar-refractivity contribution is -0.117. The molecule has 0 atom stereocenters. The maximum atomic E-state index is 12.4. The molecular formula is C19H20N2O2. The van der Waals surface area contributed by atoms with Gasteiger partial charge in [0, 0.05) is 22.9 Å². The first-order valence-corrected chi connectivity index (χ1v) is 7.97. The van der Waals surface area contributed by atoms with Crippen LogP contribution in [0.15, 0.2) is 48.5 Å². The summed E-state index contributed by atoms with van der Waals surface area (Å²) in [6.45, 7) is 2.08. The van der Waals surface area contributed by atoms with Gasteiger partial charge in [-0.15, -0.1) is 0 Å². The van der Waals surface area contributed by atoms with Gasteiger partial charge >= 0.3 is 0 Å². The fourth-order valence-electron chi connectivity index (χ4n) is 2.40. The van der Waals surface area contributed by atoms with Crippen LogP contribution in [0.3, 0.4) is 0 Å². The Labute approximate surface area is 135 Å². The van der Waals surface area contributed by atoms with E-state index < -0.39 is 0 Å². The van der Waals surface area contributed by atoms with Gasteiger partial charge < -0.3 is 10.6 Å². The molecule has 3 rings (SSSR count). The second-order valence-electron chi connectivity index (χ2n) is 5.85. The standard InChI is InChI=1S/C19H20N2O2/c1-2-13-5-3-7-16(11-13)20-19(23)15-6-4-8-17(12-15)21-18(22)14-9-10-14/h3-8,11-12,14H,2,9-10H2,1H3,(H,20,23)(H,21,22). The van der Waals surface area contributed by atoms with Gasteiger partial charge in [-0.1, -0.05) is 25.1 Å². The van der Waals surface area contributed by atoms with Crippen LogP contribution in [-0.2, 0) is 11.2 Å². The molecule has 0 unspecified atom stereocenters. The summed E-state index contributed by atoms with van der Waals surface area (Å²) in [5.41, 5.74) is 3.15. The van der Waals surface area contributed by atoms with E-state index in [2.05, 4.69) is 17.6 Å². The van der Waals surface area contributed by atoms with Crippen molar-refractivity contribution in [1.82, 2.24) is 0 Å². The summed E-state index contributed by atoms with van der Waals surface area (Å²) in [6, 6.07) is 14.8. The minimum Gasteiger partial charge on any atom is -0.326 e. The van der Waals surface area contributed by atoms with Crippen molar-refractivity contribution in [2.24, 2.45) is 5.92 Å². The molecule has 0 bridgehead atoms. The largest absolute Gasteiger partial charge is 0.326 e. The summed E-state index contributed by atoms with van der Waals surface area (Å²) in [4.78, 5) is 24.2. The van der Waals surface area contributed by atoms with Gasteiger partial charge in [-0.3, -0.25) is 9.59 Å². The zero-order valence-electron chi connectivity index (χ0n) is 13.1. The monoisotopic (exact) mass is 308 g/mol. The van der Waals surface area contributed by atoms with Crippen LogP contribution in [0.2, 0.25) is 0 Å². The number of benzene rings is 2. The lowest BCUT2D eigenvalue weighted by Gasteiger charge is -2.09. The molecule has 0 saturated heterocycles. The summed E-state index contributed by atoms with van der Waals surface area (Å²) >= 11 is 0. The fraction of sp³-hybridized carbons (Fsp3) is 0.263. The van der Waals surface area contributed by atoms with E-state index in [-0.39, 0.29) is 17.7 Å². The first kappa shape index (κ1) is 15.3. The van der Waals surface area contributed by atoms with E-state index in [9.17, 15) is 9.59 Å². The molecule has 118 valence electrons. The molecule has 1 fully saturated rings. The molecule has 2 amide bonds. The highest BCUT2D eigenvalue weighted by Gasteiger charge is 2.29. The van der Waals surface area contributed by atoms with E-state index in [0.717, 1.165) is 24.9 Å². The molecule has 0 heterocycles. The Bertz CT molecular complexity index is 736. The molecule has 4 nitrogen and oxygen atoms in total. The third-order valence-electron chi connectivity index (χ3n) is 3.93. The number of nitrogens with one attached hydrogen (secondary N) is 2. The Morgan fingerprint density at radius 3 is 2.39 bits per heavy atom. The van der Waals surface area contributed by atoms with Gasteiger partial charge in [0.2, 0.25) is 5.91 Å². The van der Waals surface area contributed by atoms with E-state index >= 15 is 0 Å². The molecule has 23 heavy (non-hydrogen) atoms. The van der Waals surface area contributed by atoms with Crippen LogP contribution in [0.25, 0.3) is 0 Å². The quantitative estimate of drug-likeness (QED) is 0.881. The SMILES string of the molecule is CCc1cccc(NC(=O)c2cccc(NC(=O)C3CC3)c2)c1. The minimum atomic E-state index is -0.180. The Morgan fingerprint density at radius 2 is 1.70 bits per heavy atom. The molecule has 1 aliphatic carbocycles. The number of hydrogen-bond donors (Lipinski definition) is 2. The van der Waals surface area contributed by atoms with Crippen LogP contribution in [0.5, 0.6) is 0 Å². The molecule has 0 aromatic heterocycles. The number of hydrogen-bond acceptors (Lipinski definition) is 2. The van der Waals surface area contributed by atoms with Gasteiger partial charge in [-0.25, -0.2) is 0 Å². The third kappa shape index (κ3) is 3.97. The summed E-state index contributed by atoms with van der Waals surface area (Å²) < 4.78 is 0. The van der Waals surface area contributed by atoms with E-state index in [1.807, 2.05) is 24.3 Å². The predicted molar refractivity (Wildman–Crippen MR) is 91.6 cm³/mol. The Hall–Kier alpha value is -2.62. The average molecular weight is 308 g/mol. The number of carbonyl (C=O) groups excluding carboxylic acids is 2. The van der Waals surface area contributed by atoms with E-state index in [4.69, 9.17) is 0 Å². The van der Waals surface area contributed by atoms with Crippen molar-refractivity contribution in [3.8, 4) is 0 Å². The van der Waals surface area contributed by atoms with Crippen molar-refractivity contribution >= 4 is 23.2 Å². The first-order chi connectivity index (χ1) is 11.2. The molecule has 4 heteroatoms. The molecule has 2 aromatic carbocycles. The Morgan fingerprint density at radius 1 is 1.00 bits per heavy atom. The van der Waals surface area contributed by atoms with Crippen LogP contribution >= 0.6 is 0 Å². The molecule has 0 aliphatic heterocycles. The molecule has 0 radical (unpaired) electrons. The molecular weight excluding hydrogens is 288 g/mol. The number of anilines is 2. The summed E-state index contributed by atoms with van der Waals surface area (Å²) in [5.74, 6) is 0.00300. The van der Waals surface area contributed by atoms with Crippen molar-refractivity contribution in [3.05, 3.63) is 59.7 Å². The Kier molecular flexibility index (Phi) is 4.42. The van der Waals surface area contributed by atoms with Crippen LogP contribution in [0.4, 0.5) is 11.4 Å². The number of rotatable bonds is 5.